The highest BCUT2D eigenvalue weighted by Gasteiger charge is 2.23. The number of halogens is 2. The molecule has 26 heavy (non-hydrogen) atoms. The number of nitrogens with two attached hydrogens (primary N) is 1. The summed E-state index contributed by atoms with van der Waals surface area (Å²) in [5.41, 5.74) is 8.90. The van der Waals surface area contributed by atoms with Gasteiger partial charge in [-0.3, -0.25) is 4.79 Å². The van der Waals surface area contributed by atoms with Gasteiger partial charge in [0.25, 0.3) is 5.91 Å². The first-order valence-corrected chi connectivity index (χ1v) is 9.40. The number of carbonyl (C=O) groups is 1. The summed E-state index contributed by atoms with van der Waals surface area (Å²) in [5, 5.41) is 3.61. The van der Waals surface area contributed by atoms with Gasteiger partial charge in [0.05, 0.1) is 30.7 Å². The van der Waals surface area contributed by atoms with Crippen LogP contribution < -0.4 is 16.0 Å². The van der Waals surface area contributed by atoms with Crippen LogP contribution in [0.15, 0.2) is 24.3 Å². The molecule has 1 aliphatic heterocycles. The highest BCUT2D eigenvalue weighted by molar-refractivity contribution is 7.21. The molecule has 3 aromatic rings. The van der Waals surface area contributed by atoms with Crippen molar-refractivity contribution in [2.75, 3.05) is 24.6 Å². The first-order valence-electron chi connectivity index (χ1n) is 8.21. The van der Waals surface area contributed by atoms with E-state index in [1.54, 1.807) is 0 Å². The number of likely N-dealkylation sites (N-methyl/N-ethyl adjacent to an activating group) is 1. The standard InChI is InChI=1S/C18H16ClFN4OS/c1-24-5-4-13-9(8-24)6-11-15(21)16(26-18(11)23-13)17(25)22-14-3-2-10(19)7-12(14)20/h2-3,6-7H,4-5,8,21H2,1H3,(H,22,25)/p+1. The van der Waals surface area contributed by atoms with Gasteiger partial charge in [-0.15, -0.1) is 11.3 Å². The topological polar surface area (TPSA) is 72.5 Å². The molecular weight excluding hydrogens is 375 g/mol. The van der Waals surface area contributed by atoms with E-state index in [0.29, 0.717) is 10.6 Å². The summed E-state index contributed by atoms with van der Waals surface area (Å²) in [5.74, 6) is -1.04. The minimum Gasteiger partial charge on any atom is -0.397 e. The lowest BCUT2D eigenvalue weighted by Crippen LogP contribution is -3.08. The Kier molecular flexibility index (Phi) is 4.30. The van der Waals surface area contributed by atoms with E-state index in [-0.39, 0.29) is 10.7 Å². The zero-order valence-corrected chi connectivity index (χ0v) is 15.6. The minimum atomic E-state index is -0.592. The molecule has 4 N–H and O–H groups in total. The molecule has 1 atom stereocenters. The fourth-order valence-electron chi connectivity index (χ4n) is 3.17. The number of rotatable bonds is 2. The van der Waals surface area contributed by atoms with Crippen LogP contribution in [0.1, 0.15) is 20.9 Å². The molecular formula is C18H17ClFN4OS+. The van der Waals surface area contributed by atoms with Gasteiger partial charge in [-0.05, 0) is 24.3 Å². The first kappa shape index (κ1) is 17.2. The highest BCUT2D eigenvalue weighted by atomic mass is 35.5. The van der Waals surface area contributed by atoms with Crippen molar-refractivity contribution in [1.82, 2.24) is 4.98 Å². The molecule has 1 aliphatic rings. The van der Waals surface area contributed by atoms with E-state index in [9.17, 15) is 9.18 Å². The van der Waals surface area contributed by atoms with Gasteiger partial charge >= 0.3 is 0 Å². The van der Waals surface area contributed by atoms with Gasteiger partial charge in [-0.1, -0.05) is 11.6 Å². The summed E-state index contributed by atoms with van der Waals surface area (Å²) < 4.78 is 13.9. The Bertz CT molecular complexity index is 1040. The Labute approximate surface area is 158 Å². The summed E-state index contributed by atoms with van der Waals surface area (Å²) in [4.78, 5) is 19.8. The van der Waals surface area contributed by atoms with Gasteiger partial charge in [-0.25, -0.2) is 9.37 Å². The van der Waals surface area contributed by atoms with Gasteiger partial charge in [0.2, 0.25) is 0 Å². The minimum absolute atomic E-state index is 0.0636. The van der Waals surface area contributed by atoms with Gasteiger partial charge in [0.15, 0.2) is 0 Å². The number of nitrogen functional groups attached to an aromatic ring is 1. The van der Waals surface area contributed by atoms with Crippen molar-refractivity contribution in [3.05, 3.63) is 51.2 Å². The van der Waals surface area contributed by atoms with Crippen molar-refractivity contribution in [2.24, 2.45) is 0 Å². The Morgan fingerprint density at radius 3 is 3.00 bits per heavy atom. The van der Waals surface area contributed by atoms with Crippen LogP contribution in [0.5, 0.6) is 0 Å². The largest absolute Gasteiger partial charge is 0.397 e. The van der Waals surface area contributed by atoms with Gasteiger partial charge in [0.1, 0.15) is 22.1 Å². The predicted octanol–water partition coefficient (Wildman–Crippen LogP) is 2.49. The lowest BCUT2D eigenvalue weighted by atomic mass is 10.0. The van der Waals surface area contributed by atoms with Crippen LogP contribution >= 0.6 is 22.9 Å². The number of thiophene rings is 1. The van der Waals surface area contributed by atoms with Gasteiger partial charge < -0.3 is 16.0 Å². The summed E-state index contributed by atoms with van der Waals surface area (Å²) in [6.45, 7) is 1.93. The lowest BCUT2D eigenvalue weighted by Gasteiger charge is -2.21. The number of hydrogen-bond donors (Lipinski definition) is 3. The molecule has 4 rings (SSSR count). The molecule has 0 radical (unpaired) electrons. The highest BCUT2D eigenvalue weighted by Crippen LogP contribution is 2.34. The average Bonchev–Trinajstić information content (AvgIpc) is 2.92. The van der Waals surface area contributed by atoms with Crippen LogP contribution in [0.3, 0.4) is 0 Å². The van der Waals surface area contributed by atoms with Crippen molar-refractivity contribution in [3.63, 3.8) is 0 Å². The summed E-state index contributed by atoms with van der Waals surface area (Å²) in [6.07, 6.45) is 0.909. The second-order valence-corrected chi connectivity index (χ2v) is 7.94. The van der Waals surface area contributed by atoms with E-state index >= 15 is 0 Å². The SMILES string of the molecule is C[NH+]1CCc2nc3sc(C(=O)Nc4ccc(Cl)cc4F)c(N)c3cc2C1. The fourth-order valence-corrected chi connectivity index (χ4v) is 4.32. The summed E-state index contributed by atoms with van der Waals surface area (Å²) in [7, 11) is 2.14. The second-order valence-electron chi connectivity index (χ2n) is 6.50. The van der Waals surface area contributed by atoms with E-state index in [1.807, 2.05) is 6.07 Å². The molecule has 3 heterocycles. The fraction of sp³-hybridized carbons (Fsp3) is 0.222. The number of anilines is 2. The molecule has 0 saturated heterocycles. The molecule has 0 aliphatic carbocycles. The van der Waals surface area contributed by atoms with Crippen LogP contribution in [0.2, 0.25) is 5.02 Å². The number of benzene rings is 1. The monoisotopic (exact) mass is 391 g/mol. The Morgan fingerprint density at radius 2 is 2.23 bits per heavy atom. The molecule has 1 unspecified atom stereocenters. The third-order valence-corrected chi connectivity index (χ3v) is 5.91. The van der Waals surface area contributed by atoms with Crippen LogP contribution in [-0.4, -0.2) is 24.5 Å². The van der Waals surface area contributed by atoms with E-state index in [4.69, 9.17) is 22.3 Å². The number of amides is 1. The number of pyridine rings is 1. The molecule has 0 spiro atoms. The smallest absolute Gasteiger partial charge is 0.268 e. The van der Waals surface area contributed by atoms with Crippen molar-refractivity contribution < 1.29 is 14.1 Å². The summed E-state index contributed by atoms with van der Waals surface area (Å²) >= 11 is 6.97. The third-order valence-electron chi connectivity index (χ3n) is 4.56. The third kappa shape index (κ3) is 3.02. The van der Waals surface area contributed by atoms with E-state index in [2.05, 4.69) is 12.4 Å². The molecule has 8 heteroatoms. The maximum Gasteiger partial charge on any atom is 0.268 e. The van der Waals surface area contributed by atoms with E-state index in [0.717, 1.165) is 41.5 Å². The Hall–Kier alpha value is -2.22. The molecule has 5 nitrogen and oxygen atoms in total. The first-order chi connectivity index (χ1) is 12.4. The van der Waals surface area contributed by atoms with Crippen molar-refractivity contribution in [3.8, 4) is 0 Å². The maximum absolute atomic E-state index is 13.9. The quantitative estimate of drug-likeness (QED) is 0.628. The van der Waals surface area contributed by atoms with Gasteiger partial charge in [-0.2, -0.15) is 0 Å². The molecule has 0 saturated carbocycles. The second kappa shape index (κ2) is 6.50. The van der Waals surface area contributed by atoms with Gasteiger partial charge in [0, 0.05) is 22.4 Å². The van der Waals surface area contributed by atoms with E-state index < -0.39 is 11.7 Å². The number of quaternary nitrogens is 1. The summed E-state index contributed by atoms with van der Waals surface area (Å²) in [6, 6.07) is 6.13. The maximum atomic E-state index is 13.9. The molecule has 0 fully saturated rings. The zero-order valence-electron chi connectivity index (χ0n) is 14.0. The van der Waals surface area contributed by atoms with Crippen LogP contribution in [-0.2, 0) is 13.0 Å². The molecule has 0 bridgehead atoms. The number of carbonyl (C=O) groups excluding carboxylic acids is 1. The van der Waals surface area contributed by atoms with Crippen LogP contribution in [0, 0.1) is 5.82 Å². The number of aromatic nitrogens is 1. The molecule has 134 valence electrons. The zero-order chi connectivity index (χ0) is 18.4. The van der Waals surface area contributed by atoms with Crippen LogP contribution in [0.4, 0.5) is 15.8 Å². The van der Waals surface area contributed by atoms with Crippen molar-refractivity contribution in [2.45, 2.75) is 13.0 Å². The lowest BCUT2D eigenvalue weighted by molar-refractivity contribution is -0.895. The average molecular weight is 392 g/mol. The molecule has 1 aromatic carbocycles. The van der Waals surface area contributed by atoms with Crippen LogP contribution in [0.25, 0.3) is 10.2 Å². The number of hydrogen-bond acceptors (Lipinski definition) is 4. The van der Waals surface area contributed by atoms with Crippen molar-refractivity contribution >= 4 is 50.4 Å². The number of nitrogens with zero attached hydrogens (tertiary/aromatic N) is 1. The molecule has 1 amide bonds. The predicted molar refractivity (Wildman–Crippen MR) is 103 cm³/mol. The van der Waals surface area contributed by atoms with Crippen molar-refractivity contribution in [1.29, 1.82) is 0 Å². The number of fused-ring (bicyclic) bond motifs is 2. The Balaban J connectivity index is 1.70. The Morgan fingerprint density at radius 1 is 1.42 bits per heavy atom. The molecule has 2 aromatic heterocycles. The number of nitrogens with one attached hydrogen (secondary N) is 2. The normalized spacial score (nSPS) is 16.5. The van der Waals surface area contributed by atoms with E-state index in [1.165, 1.54) is 33.9 Å².